The molecule has 0 aliphatic rings. The second-order valence-electron chi connectivity index (χ2n) is 3.98. The first kappa shape index (κ1) is 15.6. The van der Waals surface area contributed by atoms with Gasteiger partial charge in [0.2, 0.25) is 5.28 Å². The van der Waals surface area contributed by atoms with Gasteiger partial charge < -0.3 is 0 Å². The maximum atomic E-state index is 12.6. The van der Waals surface area contributed by atoms with Crippen molar-refractivity contribution in [3.63, 3.8) is 0 Å². The first-order valence-corrected chi connectivity index (χ1v) is 5.74. The highest BCUT2D eigenvalue weighted by Gasteiger charge is 2.34. The lowest BCUT2D eigenvalue weighted by Crippen LogP contribution is -2.09. The van der Waals surface area contributed by atoms with Gasteiger partial charge >= 0.3 is 12.4 Å². The summed E-state index contributed by atoms with van der Waals surface area (Å²) >= 11 is 5.39. The fourth-order valence-electron chi connectivity index (χ4n) is 1.57. The van der Waals surface area contributed by atoms with Gasteiger partial charge in [-0.25, -0.2) is 9.97 Å². The van der Waals surface area contributed by atoms with Crippen LogP contribution in [-0.4, -0.2) is 9.97 Å². The maximum Gasteiger partial charge on any atom is 0.433 e. The van der Waals surface area contributed by atoms with Gasteiger partial charge in [-0.2, -0.15) is 26.3 Å². The van der Waals surface area contributed by atoms with Crippen LogP contribution < -0.4 is 0 Å². The van der Waals surface area contributed by atoms with E-state index in [1.54, 1.807) is 0 Å². The number of aromatic nitrogens is 2. The molecule has 0 amide bonds. The van der Waals surface area contributed by atoms with Crippen LogP contribution in [0.25, 0.3) is 11.3 Å². The summed E-state index contributed by atoms with van der Waals surface area (Å²) in [5.41, 5.74) is -2.80. The Morgan fingerprint density at radius 1 is 0.857 bits per heavy atom. The molecule has 0 fully saturated rings. The Balaban J connectivity index is 2.55. The Morgan fingerprint density at radius 2 is 1.52 bits per heavy atom. The zero-order chi connectivity index (χ0) is 15.8. The first-order chi connectivity index (χ1) is 9.57. The van der Waals surface area contributed by atoms with Crippen molar-refractivity contribution in [1.82, 2.24) is 9.97 Å². The van der Waals surface area contributed by atoms with Gasteiger partial charge in [-0.1, -0.05) is 12.1 Å². The average molecular weight is 327 g/mol. The zero-order valence-corrected chi connectivity index (χ0v) is 10.7. The molecule has 0 radical (unpaired) electrons. The molecule has 0 spiro atoms. The van der Waals surface area contributed by atoms with Crippen molar-refractivity contribution in [3.05, 3.63) is 46.9 Å². The molecular weight excluding hydrogens is 322 g/mol. The van der Waals surface area contributed by atoms with E-state index < -0.39 is 28.9 Å². The highest BCUT2D eigenvalue weighted by atomic mass is 35.5. The minimum absolute atomic E-state index is 0.139. The summed E-state index contributed by atoms with van der Waals surface area (Å²) in [6.07, 6.45) is -9.39. The van der Waals surface area contributed by atoms with E-state index in [-0.39, 0.29) is 11.3 Å². The topological polar surface area (TPSA) is 25.8 Å². The molecule has 112 valence electrons. The second-order valence-corrected chi connectivity index (χ2v) is 4.32. The quantitative estimate of drug-likeness (QED) is 0.554. The number of alkyl halides is 6. The normalized spacial score (nSPS) is 12.5. The van der Waals surface area contributed by atoms with E-state index in [9.17, 15) is 26.3 Å². The van der Waals surface area contributed by atoms with Crippen molar-refractivity contribution in [3.8, 4) is 11.3 Å². The molecule has 2 aromatic rings. The molecule has 0 saturated heterocycles. The van der Waals surface area contributed by atoms with Crippen LogP contribution in [0.2, 0.25) is 5.28 Å². The minimum atomic E-state index is -4.77. The molecule has 0 N–H and O–H groups in total. The molecule has 2 nitrogen and oxygen atoms in total. The van der Waals surface area contributed by atoms with E-state index in [2.05, 4.69) is 9.97 Å². The lowest BCUT2D eigenvalue weighted by atomic mass is 10.1. The highest BCUT2D eigenvalue weighted by molar-refractivity contribution is 6.28. The fraction of sp³-hybridized carbons (Fsp3) is 0.167. The second kappa shape index (κ2) is 5.18. The van der Waals surface area contributed by atoms with E-state index in [4.69, 9.17) is 11.6 Å². The predicted molar refractivity (Wildman–Crippen MR) is 62.5 cm³/mol. The van der Waals surface area contributed by atoms with Crippen LogP contribution in [-0.2, 0) is 12.4 Å². The molecule has 0 aliphatic heterocycles. The number of hydrogen-bond acceptors (Lipinski definition) is 2. The molecule has 2 rings (SSSR count). The largest absolute Gasteiger partial charge is 0.433 e. The number of benzene rings is 1. The molecule has 0 aliphatic carbocycles. The third-order valence-corrected chi connectivity index (χ3v) is 2.64. The molecule has 1 aromatic heterocycles. The average Bonchev–Trinajstić information content (AvgIpc) is 2.36. The monoisotopic (exact) mass is 326 g/mol. The van der Waals surface area contributed by atoms with Gasteiger partial charge in [-0.05, 0) is 29.8 Å². The summed E-state index contributed by atoms with van der Waals surface area (Å²) in [7, 11) is 0. The molecule has 21 heavy (non-hydrogen) atoms. The Bertz CT molecular complexity index is 666. The predicted octanol–water partition coefficient (Wildman–Crippen LogP) is 4.83. The summed E-state index contributed by atoms with van der Waals surface area (Å²) in [6, 6.07) is 4.31. The van der Waals surface area contributed by atoms with Crippen molar-refractivity contribution < 1.29 is 26.3 Å². The Kier molecular flexibility index (Phi) is 3.83. The van der Waals surface area contributed by atoms with Gasteiger partial charge in [-0.15, -0.1) is 0 Å². The molecule has 1 heterocycles. The van der Waals surface area contributed by atoms with Crippen LogP contribution >= 0.6 is 11.6 Å². The van der Waals surface area contributed by atoms with Crippen LogP contribution in [0.3, 0.4) is 0 Å². The van der Waals surface area contributed by atoms with Gasteiger partial charge in [0.05, 0.1) is 11.3 Å². The smallest absolute Gasteiger partial charge is 0.218 e. The lowest BCUT2D eigenvalue weighted by Gasteiger charge is -2.10. The first-order valence-electron chi connectivity index (χ1n) is 5.37. The fourth-order valence-corrected chi connectivity index (χ4v) is 1.75. The van der Waals surface area contributed by atoms with Gasteiger partial charge in [0.1, 0.15) is 5.69 Å². The van der Waals surface area contributed by atoms with Crippen molar-refractivity contribution >= 4 is 11.6 Å². The maximum absolute atomic E-state index is 12.6. The molecule has 0 unspecified atom stereocenters. The Labute approximate surface area is 119 Å². The van der Waals surface area contributed by atoms with Crippen molar-refractivity contribution in [1.29, 1.82) is 0 Å². The number of halogens is 7. The third-order valence-electron chi connectivity index (χ3n) is 2.47. The molecule has 0 atom stereocenters. The van der Waals surface area contributed by atoms with Crippen LogP contribution in [0, 0.1) is 0 Å². The van der Waals surface area contributed by atoms with Crippen molar-refractivity contribution in [2.75, 3.05) is 0 Å². The number of nitrogens with zero attached hydrogens (tertiary/aromatic N) is 2. The van der Waals surface area contributed by atoms with Crippen molar-refractivity contribution in [2.45, 2.75) is 12.4 Å². The Hall–Kier alpha value is -1.83. The van der Waals surface area contributed by atoms with Gasteiger partial charge in [0, 0.05) is 5.56 Å². The third kappa shape index (κ3) is 3.63. The summed E-state index contributed by atoms with van der Waals surface area (Å²) in [6.45, 7) is 0. The lowest BCUT2D eigenvalue weighted by molar-refractivity contribution is -0.141. The zero-order valence-electron chi connectivity index (χ0n) is 9.93. The molecular formula is C12H5ClF6N2. The summed E-state index contributed by atoms with van der Waals surface area (Å²) in [5, 5.41) is -0.697. The Morgan fingerprint density at radius 3 is 2.10 bits per heavy atom. The number of rotatable bonds is 1. The van der Waals surface area contributed by atoms with E-state index in [1.165, 1.54) is 6.07 Å². The van der Waals surface area contributed by atoms with Gasteiger partial charge in [-0.3, -0.25) is 0 Å². The van der Waals surface area contributed by atoms with Crippen LogP contribution in [0.15, 0.2) is 30.3 Å². The molecule has 0 bridgehead atoms. The van der Waals surface area contributed by atoms with Crippen LogP contribution in [0.1, 0.15) is 11.3 Å². The summed E-state index contributed by atoms with van der Waals surface area (Å²) in [5.74, 6) is 0. The number of hydrogen-bond donors (Lipinski definition) is 0. The minimum Gasteiger partial charge on any atom is -0.218 e. The summed E-state index contributed by atoms with van der Waals surface area (Å²) < 4.78 is 75.6. The van der Waals surface area contributed by atoms with E-state index in [1.807, 2.05) is 0 Å². The van der Waals surface area contributed by atoms with Gasteiger partial charge in [0.25, 0.3) is 0 Å². The SMILES string of the molecule is FC(F)(F)c1cccc(-c2cc(C(F)(F)F)nc(Cl)n2)c1. The molecule has 9 heteroatoms. The molecule has 0 saturated carbocycles. The van der Waals surface area contributed by atoms with Crippen LogP contribution in [0.4, 0.5) is 26.3 Å². The highest BCUT2D eigenvalue weighted by Crippen LogP contribution is 2.34. The van der Waals surface area contributed by atoms with E-state index >= 15 is 0 Å². The van der Waals surface area contributed by atoms with E-state index in [0.717, 1.165) is 12.1 Å². The van der Waals surface area contributed by atoms with Crippen molar-refractivity contribution in [2.24, 2.45) is 0 Å². The van der Waals surface area contributed by atoms with Gasteiger partial charge in [0.15, 0.2) is 0 Å². The molecule has 1 aromatic carbocycles. The van der Waals surface area contributed by atoms with E-state index in [0.29, 0.717) is 12.1 Å². The standard InChI is InChI=1S/C12H5ClF6N2/c13-10-20-8(5-9(21-10)12(17,18)19)6-2-1-3-7(4-6)11(14,15)16/h1-5H. The van der Waals surface area contributed by atoms with Crippen LogP contribution in [0.5, 0.6) is 0 Å². The summed E-state index contributed by atoms with van der Waals surface area (Å²) in [4.78, 5) is 6.54.